The number of sulfonamides is 1. The Labute approximate surface area is 141 Å². The molecular formula is C16H23F2N3O2S. The van der Waals surface area contributed by atoms with Gasteiger partial charge in [0, 0.05) is 44.2 Å². The van der Waals surface area contributed by atoms with E-state index in [-0.39, 0.29) is 17.9 Å². The van der Waals surface area contributed by atoms with Gasteiger partial charge in [-0.1, -0.05) is 6.42 Å². The molecule has 1 aromatic rings. The number of aromatic nitrogens is 1. The second kappa shape index (κ2) is 6.92. The largest absolute Gasteiger partial charge is 0.370 e. The van der Waals surface area contributed by atoms with Crippen LogP contribution in [0.5, 0.6) is 0 Å². The van der Waals surface area contributed by atoms with Crippen molar-refractivity contribution in [2.45, 2.75) is 49.3 Å². The Balaban J connectivity index is 1.69. The van der Waals surface area contributed by atoms with Gasteiger partial charge in [0.25, 0.3) is 5.92 Å². The summed E-state index contributed by atoms with van der Waals surface area (Å²) in [5.41, 5.74) is 0. The van der Waals surface area contributed by atoms with Crippen molar-refractivity contribution in [3.63, 3.8) is 0 Å². The fourth-order valence-corrected chi connectivity index (χ4v) is 4.92. The van der Waals surface area contributed by atoms with Gasteiger partial charge in [0.05, 0.1) is 4.90 Å². The van der Waals surface area contributed by atoms with Crippen LogP contribution in [0, 0.1) is 5.92 Å². The van der Waals surface area contributed by atoms with Crippen molar-refractivity contribution in [1.82, 2.24) is 9.29 Å². The minimum Gasteiger partial charge on any atom is -0.370 e. The second-order valence-electron chi connectivity index (χ2n) is 6.57. The van der Waals surface area contributed by atoms with E-state index in [1.165, 1.54) is 22.6 Å². The smallest absolute Gasteiger partial charge is 0.252 e. The molecule has 134 valence electrons. The minimum atomic E-state index is -3.52. The van der Waals surface area contributed by atoms with Crippen LogP contribution in [0.15, 0.2) is 23.2 Å². The van der Waals surface area contributed by atoms with Gasteiger partial charge in [0.1, 0.15) is 5.82 Å². The topological polar surface area (TPSA) is 62.3 Å². The third kappa shape index (κ3) is 3.69. The molecule has 8 heteroatoms. The summed E-state index contributed by atoms with van der Waals surface area (Å²) in [6, 6.07) is 2.89. The van der Waals surface area contributed by atoms with Gasteiger partial charge in [-0.15, -0.1) is 0 Å². The predicted molar refractivity (Wildman–Crippen MR) is 87.6 cm³/mol. The molecule has 1 N–H and O–H groups in total. The molecule has 2 fully saturated rings. The number of nitrogens with zero attached hydrogens (tertiary/aromatic N) is 2. The Morgan fingerprint density at radius 2 is 2.00 bits per heavy atom. The van der Waals surface area contributed by atoms with Gasteiger partial charge in [-0.3, -0.25) is 0 Å². The van der Waals surface area contributed by atoms with Crippen molar-refractivity contribution < 1.29 is 17.2 Å². The molecule has 1 aliphatic carbocycles. The summed E-state index contributed by atoms with van der Waals surface area (Å²) in [6.45, 7) is 1.16. The average molecular weight is 359 g/mol. The summed E-state index contributed by atoms with van der Waals surface area (Å²) in [7, 11) is -3.52. The highest BCUT2D eigenvalue weighted by molar-refractivity contribution is 7.89. The first-order valence-electron chi connectivity index (χ1n) is 8.47. The summed E-state index contributed by atoms with van der Waals surface area (Å²) >= 11 is 0. The van der Waals surface area contributed by atoms with Crippen LogP contribution >= 0.6 is 0 Å². The van der Waals surface area contributed by atoms with E-state index in [0.29, 0.717) is 31.7 Å². The quantitative estimate of drug-likeness (QED) is 0.877. The van der Waals surface area contributed by atoms with Gasteiger partial charge in [0.2, 0.25) is 10.0 Å². The van der Waals surface area contributed by atoms with Crippen molar-refractivity contribution in [3.8, 4) is 0 Å². The highest BCUT2D eigenvalue weighted by atomic mass is 32.2. The third-order valence-corrected chi connectivity index (χ3v) is 6.77. The van der Waals surface area contributed by atoms with E-state index in [0.717, 1.165) is 19.3 Å². The number of alkyl halides is 2. The van der Waals surface area contributed by atoms with E-state index in [1.807, 2.05) is 0 Å². The maximum atomic E-state index is 13.9. The van der Waals surface area contributed by atoms with Gasteiger partial charge in [0.15, 0.2) is 0 Å². The lowest BCUT2D eigenvalue weighted by Gasteiger charge is -2.31. The first kappa shape index (κ1) is 17.5. The molecule has 1 aliphatic heterocycles. The Kier molecular flexibility index (Phi) is 5.05. The number of nitrogens with one attached hydrogen (secondary N) is 1. The zero-order valence-electron chi connectivity index (χ0n) is 13.5. The molecule has 5 nitrogen and oxygen atoms in total. The van der Waals surface area contributed by atoms with Gasteiger partial charge in [-0.25, -0.2) is 22.2 Å². The van der Waals surface area contributed by atoms with Crippen LogP contribution in [-0.4, -0.2) is 43.3 Å². The van der Waals surface area contributed by atoms with Crippen LogP contribution in [0.4, 0.5) is 14.6 Å². The van der Waals surface area contributed by atoms with Gasteiger partial charge in [-0.05, 0) is 31.7 Å². The predicted octanol–water partition coefficient (Wildman–Crippen LogP) is 3.10. The van der Waals surface area contributed by atoms with Crippen molar-refractivity contribution in [1.29, 1.82) is 0 Å². The maximum Gasteiger partial charge on any atom is 0.252 e. The summed E-state index contributed by atoms with van der Waals surface area (Å²) in [6.07, 6.45) is 4.91. The van der Waals surface area contributed by atoms with E-state index >= 15 is 0 Å². The highest BCUT2D eigenvalue weighted by Crippen LogP contribution is 2.38. The Hall–Kier alpha value is -1.28. The van der Waals surface area contributed by atoms with Gasteiger partial charge in [-0.2, -0.15) is 4.31 Å². The van der Waals surface area contributed by atoms with Gasteiger partial charge >= 0.3 is 0 Å². The molecule has 1 atom stereocenters. The Morgan fingerprint density at radius 1 is 1.25 bits per heavy atom. The van der Waals surface area contributed by atoms with Crippen molar-refractivity contribution in [2.24, 2.45) is 5.92 Å². The number of anilines is 1. The SMILES string of the molecule is O=S(=O)(c1ccnc(NCC2CCCCC2(F)F)c1)N1CCCC1. The van der Waals surface area contributed by atoms with E-state index in [1.54, 1.807) is 0 Å². The summed E-state index contributed by atoms with van der Waals surface area (Å²) in [5, 5.41) is 2.90. The number of hydrogen-bond acceptors (Lipinski definition) is 4. The summed E-state index contributed by atoms with van der Waals surface area (Å²) in [4.78, 5) is 4.24. The number of halogens is 2. The van der Waals surface area contributed by atoms with Crippen molar-refractivity contribution >= 4 is 15.8 Å². The molecule has 0 bridgehead atoms. The van der Waals surface area contributed by atoms with Crippen LogP contribution in [-0.2, 0) is 10.0 Å². The Morgan fingerprint density at radius 3 is 2.71 bits per heavy atom. The molecule has 0 spiro atoms. The molecule has 3 rings (SSSR count). The van der Waals surface area contributed by atoms with Gasteiger partial charge < -0.3 is 5.32 Å². The standard InChI is InChI=1S/C16H23F2N3O2S/c17-16(18)7-2-1-5-13(16)12-20-15-11-14(6-8-19-15)24(22,23)21-9-3-4-10-21/h6,8,11,13H,1-5,7,9-10,12H2,(H,19,20). The van der Waals surface area contributed by atoms with Crippen molar-refractivity contribution in [3.05, 3.63) is 18.3 Å². The number of pyridine rings is 1. The molecule has 0 amide bonds. The van der Waals surface area contributed by atoms with Crippen molar-refractivity contribution in [2.75, 3.05) is 25.0 Å². The molecule has 1 unspecified atom stereocenters. The highest BCUT2D eigenvalue weighted by Gasteiger charge is 2.41. The first-order chi connectivity index (χ1) is 11.4. The monoisotopic (exact) mass is 359 g/mol. The van der Waals surface area contributed by atoms with Crippen LogP contribution in [0.2, 0.25) is 0 Å². The number of hydrogen-bond donors (Lipinski definition) is 1. The fraction of sp³-hybridized carbons (Fsp3) is 0.688. The fourth-order valence-electron chi connectivity index (χ4n) is 3.39. The lowest BCUT2D eigenvalue weighted by atomic mass is 9.85. The molecule has 1 saturated heterocycles. The molecule has 2 aliphatic rings. The van der Waals surface area contributed by atoms with E-state index in [4.69, 9.17) is 0 Å². The Bertz CT molecular complexity index is 676. The minimum absolute atomic E-state index is 0.0733. The molecule has 2 heterocycles. The molecule has 0 aromatic carbocycles. The van der Waals surface area contributed by atoms with E-state index < -0.39 is 21.9 Å². The zero-order chi connectivity index (χ0) is 17.2. The lowest BCUT2D eigenvalue weighted by molar-refractivity contribution is -0.0802. The molecule has 1 aromatic heterocycles. The zero-order valence-corrected chi connectivity index (χ0v) is 14.4. The van der Waals surface area contributed by atoms with Crippen LogP contribution < -0.4 is 5.32 Å². The molecule has 1 saturated carbocycles. The first-order valence-corrected chi connectivity index (χ1v) is 9.91. The molecule has 24 heavy (non-hydrogen) atoms. The van der Waals surface area contributed by atoms with Crippen LogP contribution in [0.3, 0.4) is 0 Å². The molecular weight excluding hydrogens is 336 g/mol. The second-order valence-corrected chi connectivity index (χ2v) is 8.51. The number of rotatable bonds is 5. The van der Waals surface area contributed by atoms with Crippen LogP contribution in [0.25, 0.3) is 0 Å². The summed E-state index contributed by atoms with van der Waals surface area (Å²) in [5.74, 6) is -3.06. The van der Waals surface area contributed by atoms with E-state index in [9.17, 15) is 17.2 Å². The normalized spacial score (nSPS) is 24.8. The molecule has 0 radical (unpaired) electrons. The summed E-state index contributed by atoms with van der Waals surface area (Å²) < 4.78 is 54.3. The maximum absolute atomic E-state index is 13.9. The van der Waals surface area contributed by atoms with E-state index in [2.05, 4.69) is 10.3 Å². The van der Waals surface area contributed by atoms with Crippen LogP contribution in [0.1, 0.15) is 38.5 Å². The average Bonchev–Trinajstić information content (AvgIpc) is 3.09. The third-order valence-electron chi connectivity index (χ3n) is 4.87. The lowest BCUT2D eigenvalue weighted by Crippen LogP contribution is -2.36.